The van der Waals surface area contributed by atoms with E-state index in [0.717, 1.165) is 70.6 Å². The molecule has 6 nitrogen and oxygen atoms in total. The molecule has 0 aliphatic rings. The van der Waals surface area contributed by atoms with Gasteiger partial charge in [-0.15, -0.1) is 0 Å². The molecule has 0 fully saturated rings. The van der Waals surface area contributed by atoms with Crippen LogP contribution in [0.5, 0.6) is 0 Å². The first kappa shape index (κ1) is 61.8. The lowest BCUT2D eigenvalue weighted by Crippen LogP contribution is -2.46. The highest BCUT2D eigenvalue weighted by Crippen LogP contribution is 2.18. The monoisotopic (exact) mass is 898 g/mol. The van der Waals surface area contributed by atoms with Crippen molar-refractivity contribution < 1.29 is 24.5 Å². The minimum absolute atomic E-state index is 0.0512. The topological polar surface area (TPSA) is 95.9 Å². The molecule has 374 valence electrons. The maximum Gasteiger partial charge on any atom is 0.306 e. The quantitative estimate of drug-likeness (QED) is 0.0321. The van der Waals surface area contributed by atoms with E-state index < -0.39 is 18.2 Å². The number of amides is 1. The second kappa shape index (κ2) is 51.8. The fourth-order valence-electron chi connectivity index (χ4n) is 8.37. The molecule has 0 aromatic carbocycles. The Hall–Kier alpha value is -2.18. The van der Waals surface area contributed by atoms with Gasteiger partial charge in [0.1, 0.15) is 6.10 Å². The van der Waals surface area contributed by atoms with Gasteiger partial charge in [-0.25, -0.2) is 0 Å². The minimum atomic E-state index is -0.799. The van der Waals surface area contributed by atoms with Crippen LogP contribution in [-0.4, -0.2) is 46.9 Å². The van der Waals surface area contributed by atoms with E-state index in [4.69, 9.17) is 4.74 Å². The predicted octanol–water partition coefficient (Wildman–Crippen LogP) is 17.0. The highest BCUT2D eigenvalue weighted by Gasteiger charge is 2.24. The Morgan fingerprint density at radius 2 is 0.797 bits per heavy atom. The van der Waals surface area contributed by atoms with Crippen LogP contribution in [0.3, 0.4) is 0 Å². The average Bonchev–Trinajstić information content (AvgIpc) is 3.29. The van der Waals surface area contributed by atoms with Gasteiger partial charge in [-0.05, 0) is 89.9 Å². The van der Waals surface area contributed by atoms with Gasteiger partial charge in [-0.1, -0.05) is 230 Å². The average molecular weight is 898 g/mol. The van der Waals surface area contributed by atoms with Gasteiger partial charge >= 0.3 is 5.97 Å². The molecule has 0 radical (unpaired) electrons. The lowest BCUT2D eigenvalue weighted by Gasteiger charge is -2.24. The third-order valence-electron chi connectivity index (χ3n) is 12.6. The Kier molecular flexibility index (Phi) is 50.0. The highest BCUT2D eigenvalue weighted by molar-refractivity contribution is 5.77. The summed E-state index contributed by atoms with van der Waals surface area (Å²) in [7, 11) is 0. The van der Waals surface area contributed by atoms with Gasteiger partial charge in [0.05, 0.1) is 25.2 Å². The van der Waals surface area contributed by atoms with E-state index in [2.05, 4.69) is 74.7 Å². The molecule has 64 heavy (non-hydrogen) atoms. The molecule has 1 amide bonds. The van der Waals surface area contributed by atoms with Gasteiger partial charge in [0.15, 0.2) is 0 Å². The van der Waals surface area contributed by atoms with Crippen LogP contribution < -0.4 is 5.32 Å². The maximum absolute atomic E-state index is 13.2. The standard InChI is InChI=1S/C58H107NO5/c1-4-7-10-13-16-19-22-25-28-31-34-37-40-43-46-49-54(64-58(63)51-48-45-42-39-36-33-30-27-24-21-18-15-12-9-6-3)52-57(62)59-55(53-60)56(61)50-47-44-41-38-35-32-29-26-23-20-17-14-11-8-5-2/h16,19,21,24-25,28,34,37,54-56,60-61H,4-15,17-18,20,22-23,26-27,29-33,35-36,38-53H2,1-3H3,(H,59,62)/b19-16-,24-21-,28-25-,37-34-. The number of carbonyl (C=O) groups excluding carboxylic acids is 2. The number of allylic oxidation sites excluding steroid dienone is 8. The zero-order valence-corrected chi connectivity index (χ0v) is 42.7. The zero-order chi connectivity index (χ0) is 46.7. The molecule has 0 aromatic heterocycles. The summed E-state index contributed by atoms with van der Waals surface area (Å²) in [6.45, 7) is 6.45. The van der Waals surface area contributed by atoms with Crippen molar-refractivity contribution in [2.75, 3.05) is 6.61 Å². The van der Waals surface area contributed by atoms with Crippen LogP contribution in [0.4, 0.5) is 0 Å². The number of aliphatic hydroxyl groups excluding tert-OH is 2. The SMILES string of the molecule is CCCCC/C=C\C/C=C\C/C=C\CCCCC(CC(=O)NC(CO)C(O)CCCCCCCCCCCCCCCCC)OC(=O)CCCCCCCCC/C=C\CCCCCC. The smallest absolute Gasteiger partial charge is 0.306 e. The first-order valence-corrected chi connectivity index (χ1v) is 27.9. The summed E-state index contributed by atoms with van der Waals surface area (Å²) >= 11 is 0. The minimum Gasteiger partial charge on any atom is -0.462 e. The number of nitrogens with one attached hydrogen (secondary N) is 1. The van der Waals surface area contributed by atoms with Crippen molar-refractivity contribution in [1.29, 1.82) is 0 Å². The van der Waals surface area contributed by atoms with Crippen molar-refractivity contribution in [2.45, 2.75) is 302 Å². The van der Waals surface area contributed by atoms with E-state index in [0.29, 0.717) is 19.3 Å². The van der Waals surface area contributed by atoms with Gasteiger partial charge in [-0.3, -0.25) is 9.59 Å². The van der Waals surface area contributed by atoms with Crippen LogP contribution in [0.2, 0.25) is 0 Å². The molecule has 0 saturated carbocycles. The molecular weight excluding hydrogens is 791 g/mol. The lowest BCUT2D eigenvalue weighted by atomic mass is 10.0. The predicted molar refractivity (Wildman–Crippen MR) is 278 cm³/mol. The number of esters is 1. The number of carbonyl (C=O) groups is 2. The Bertz CT molecular complexity index is 1100. The van der Waals surface area contributed by atoms with Crippen molar-refractivity contribution >= 4 is 11.9 Å². The molecule has 0 aliphatic carbocycles. The molecule has 3 unspecified atom stereocenters. The zero-order valence-electron chi connectivity index (χ0n) is 42.7. The largest absolute Gasteiger partial charge is 0.462 e. The summed E-state index contributed by atoms with van der Waals surface area (Å²) in [4.78, 5) is 26.2. The van der Waals surface area contributed by atoms with Crippen LogP contribution >= 0.6 is 0 Å². The Balaban J connectivity index is 4.61. The van der Waals surface area contributed by atoms with Gasteiger partial charge in [-0.2, -0.15) is 0 Å². The molecule has 0 heterocycles. The van der Waals surface area contributed by atoms with Gasteiger partial charge in [0.2, 0.25) is 5.91 Å². The van der Waals surface area contributed by atoms with Crippen molar-refractivity contribution in [3.05, 3.63) is 48.6 Å². The van der Waals surface area contributed by atoms with E-state index in [9.17, 15) is 19.8 Å². The van der Waals surface area contributed by atoms with E-state index in [1.807, 2.05) is 0 Å². The van der Waals surface area contributed by atoms with Crippen LogP contribution in [0, 0.1) is 0 Å². The number of hydrogen-bond donors (Lipinski definition) is 3. The Labute approximate surface area is 397 Å². The molecule has 0 spiro atoms. The van der Waals surface area contributed by atoms with Crippen molar-refractivity contribution in [2.24, 2.45) is 0 Å². The van der Waals surface area contributed by atoms with Gasteiger partial charge < -0.3 is 20.3 Å². The third-order valence-corrected chi connectivity index (χ3v) is 12.6. The molecule has 3 atom stereocenters. The van der Waals surface area contributed by atoms with Crippen molar-refractivity contribution in [3.63, 3.8) is 0 Å². The Morgan fingerprint density at radius 1 is 0.453 bits per heavy atom. The van der Waals surface area contributed by atoms with E-state index in [1.54, 1.807) is 0 Å². The molecule has 3 N–H and O–H groups in total. The van der Waals surface area contributed by atoms with Crippen LogP contribution in [0.1, 0.15) is 284 Å². The highest BCUT2D eigenvalue weighted by atomic mass is 16.5. The second-order valence-corrected chi connectivity index (χ2v) is 19.0. The van der Waals surface area contributed by atoms with Crippen LogP contribution in [0.25, 0.3) is 0 Å². The number of aliphatic hydroxyl groups is 2. The summed E-state index contributed by atoms with van der Waals surface area (Å²) < 4.78 is 5.93. The fraction of sp³-hybridized carbons (Fsp3) is 0.828. The first-order valence-electron chi connectivity index (χ1n) is 27.9. The van der Waals surface area contributed by atoms with Gasteiger partial charge in [0, 0.05) is 6.42 Å². The molecule has 0 rings (SSSR count). The molecule has 6 heteroatoms. The molecule has 0 bridgehead atoms. The lowest BCUT2D eigenvalue weighted by molar-refractivity contribution is -0.151. The van der Waals surface area contributed by atoms with Crippen molar-refractivity contribution in [1.82, 2.24) is 5.32 Å². The van der Waals surface area contributed by atoms with Crippen molar-refractivity contribution in [3.8, 4) is 0 Å². The van der Waals surface area contributed by atoms with Gasteiger partial charge in [0.25, 0.3) is 0 Å². The summed E-state index contributed by atoms with van der Waals surface area (Å²) in [5.41, 5.74) is 0. The fourth-order valence-corrected chi connectivity index (χ4v) is 8.37. The third kappa shape index (κ3) is 46.4. The first-order chi connectivity index (χ1) is 31.5. The van der Waals surface area contributed by atoms with E-state index >= 15 is 0 Å². The molecular formula is C58H107NO5. The van der Waals surface area contributed by atoms with E-state index in [-0.39, 0.29) is 24.9 Å². The molecule has 0 saturated heterocycles. The number of hydrogen-bond acceptors (Lipinski definition) is 5. The van der Waals surface area contributed by atoms with E-state index in [1.165, 1.54) is 167 Å². The van der Waals surface area contributed by atoms with Crippen LogP contribution in [-0.2, 0) is 14.3 Å². The molecule has 0 aromatic rings. The molecule has 0 aliphatic heterocycles. The summed E-state index contributed by atoms with van der Waals surface area (Å²) in [6.07, 6.45) is 63.1. The number of ether oxygens (including phenoxy) is 1. The number of unbranched alkanes of at least 4 members (excludes halogenated alkanes) is 30. The van der Waals surface area contributed by atoms with Crippen LogP contribution in [0.15, 0.2) is 48.6 Å². The summed E-state index contributed by atoms with van der Waals surface area (Å²) in [5, 5.41) is 23.8. The Morgan fingerprint density at radius 3 is 1.28 bits per heavy atom. The summed E-state index contributed by atoms with van der Waals surface area (Å²) in [6, 6.07) is -0.715. The summed E-state index contributed by atoms with van der Waals surface area (Å²) in [5.74, 6) is -0.508. The number of rotatable bonds is 50. The maximum atomic E-state index is 13.2. The second-order valence-electron chi connectivity index (χ2n) is 19.0. The normalized spacial score (nSPS) is 13.5.